The Morgan fingerprint density at radius 1 is 1.19 bits per heavy atom. The highest BCUT2D eigenvalue weighted by Gasteiger charge is 2.06. The first kappa shape index (κ1) is 18.5. The molecule has 6 heteroatoms. The van der Waals surface area contributed by atoms with Crippen LogP contribution in [0.5, 0.6) is 0 Å². The van der Waals surface area contributed by atoms with E-state index in [4.69, 9.17) is 0 Å². The summed E-state index contributed by atoms with van der Waals surface area (Å²) in [5, 5.41) is 11.4. The summed E-state index contributed by atoms with van der Waals surface area (Å²) in [6.07, 6.45) is 3.96. The lowest BCUT2D eigenvalue weighted by molar-refractivity contribution is 0.772. The SMILES string of the molecule is CN=C(NCCc1csc(C(C)C)n1)NCCc1c[nH]c2ccccc12. The minimum Gasteiger partial charge on any atom is -0.361 e. The van der Waals surface area contributed by atoms with Crippen molar-refractivity contribution in [2.24, 2.45) is 4.99 Å². The van der Waals surface area contributed by atoms with Crippen molar-refractivity contribution in [2.45, 2.75) is 32.6 Å². The Morgan fingerprint density at radius 2 is 1.96 bits per heavy atom. The van der Waals surface area contributed by atoms with E-state index in [1.165, 1.54) is 21.5 Å². The molecule has 0 saturated heterocycles. The number of guanidine groups is 1. The van der Waals surface area contributed by atoms with Crippen LogP contribution in [0.15, 0.2) is 40.8 Å². The van der Waals surface area contributed by atoms with Gasteiger partial charge in [-0.2, -0.15) is 0 Å². The smallest absolute Gasteiger partial charge is 0.190 e. The molecule has 3 N–H and O–H groups in total. The maximum absolute atomic E-state index is 4.67. The van der Waals surface area contributed by atoms with E-state index in [0.717, 1.165) is 37.6 Å². The van der Waals surface area contributed by atoms with E-state index in [1.54, 1.807) is 18.4 Å². The van der Waals surface area contributed by atoms with Crippen LogP contribution in [0, 0.1) is 0 Å². The lowest BCUT2D eigenvalue weighted by atomic mass is 10.1. The summed E-state index contributed by atoms with van der Waals surface area (Å²) in [6, 6.07) is 8.40. The second kappa shape index (κ2) is 8.85. The van der Waals surface area contributed by atoms with Crippen molar-refractivity contribution in [1.82, 2.24) is 20.6 Å². The van der Waals surface area contributed by atoms with E-state index in [-0.39, 0.29) is 0 Å². The number of H-pyrrole nitrogens is 1. The highest BCUT2D eigenvalue weighted by Crippen LogP contribution is 2.19. The maximum Gasteiger partial charge on any atom is 0.190 e. The number of fused-ring (bicyclic) bond motifs is 1. The van der Waals surface area contributed by atoms with Gasteiger partial charge in [-0.1, -0.05) is 32.0 Å². The van der Waals surface area contributed by atoms with Crippen molar-refractivity contribution in [2.75, 3.05) is 20.1 Å². The minimum absolute atomic E-state index is 0.501. The Bertz CT molecular complexity index is 862. The molecule has 0 atom stereocenters. The summed E-state index contributed by atoms with van der Waals surface area (Å²) in [5.41, 5.74) is 3.67. The predicted molar refractivity (Wildman–Crippen MR) is 111 cm³/mol. The van der Waals surface area contributed by atoms with Gasteiger partial charge in [0.05, 0.1) is 10.7 Å². The third kappa shape index (κ3) is 4.64. The number of para-hydroxylation sites is 1. The van der Waals surface area contributed by atoms with Gasteiger partial charge in [0.15, 0.2) is 5.96 Å². The van der Waals surface area contributed by atoms with E-state index < -0.39 is 0 Å². The van der Waals surface area contributed by atoms with Gasteiger partial charge in [0.1, 0.15) is 0 Å². The first-order valence-electron chi connectivity index (χ1n) is 9.11. The number of benzene rings is 1. The van der Waals surface area contributed by atoms with Crippen molar-refractivity contribution in [3.05, 3.63) is 52.1 Å². The molecule has 0 saturated carbocycles. The van der Waals surface area contributed by atoms with Crippen LogP contribution in [0.2, 0.25) is 0 Å². The molecular formula is C20H27N5S. The third-order valence-electron chi connectivity index (χ3n) is 4.32. The molecule has 0 fully saturated rings. The van der Waals surface area contributed by atoms with Gasteiger partial charge in [-0.15, -0.1) is 11.3 Å². The second-order valence-corrected chi connectivity index (χ2v) is 7.51. The maximum atomic E-state index is 4.67. The average Bonchev–Trinajstić information content (AvgIpc) is 3.28. The molecule has 0 amide bonds. The molecule has 0 radical (unpaired) electrons. The van der Waals surface area contributed by atoms with E-state index in [0.29, 0.717) is 5.92 Å². The number of aliphatic imine (C=N–C) groups is 1. The van der Waals surface area contributed by atoms with Crippen LogP contribution < -0.4 is 10.6 Å². The normalized spacial score (nSPS) is 12.1. The van der Waals surface area contributed by atoms with E-state index in [1.807, 2.05) is 0 Å². The molecule has 2 heterocycles. The Hall–Kier alpha value is -2.34. The zero-order valence-corrected chi connectivity index (χ0v) is 16.5. The van der Waals surface area contributed by atoms with Crippen LogP contribution in [-0.2, 0) is 12.8 Å². The number of thiazole rings is 1. The molecule has 0 aliphatic rings. The van der Waals surface area contributed by atoms with Gasteiger partial charge in [0.2, 0.25) is 0 Å². The summed E-state index contributed by atoms with van der Waals surface area (Å²) < 4.78 is 0. The van der Waals surface area contributed by atoms with Gasteiger partial charge in [-0.05, 0) is 18.1 Å². The van der Waals surface area contributed by atoms with Crippen molar-refractivity contribution in [3.63, 3.8) is 0 Å². The summed E-state index contributed by atoms with van der Waals surface area (Å²) >= 11 is 1.75. The second-order valence-electron chi connectivity index (χ2n) is 6.62. The number of hydrogen-bond acceptors (Lipinski definition) is 3. The lowest BCUT2D eigenvalue weighted by Gasteiger charge is -2.11. The molecule has 3 aromatic rings. The van der Waals surface area contributed by atoms with Crippen LogP contribution in [0.3, 0.4) is 0 Å². The largest absolute Gasteiger partial charge is 0.361 e. The molecule has 0 bridgehead atoms. The summed E-state index contributed by atoms with van der Waals surface area (Å²) in [7, 11) is 1.81. The number of rotatable bonds is 7. The number of hydrogen-bond donors (Lipinski definition) is 3. The van der Waals surface area contributed by atoms with Crippen LogP contribution in [0.4, 0.5) is 0 Å². The molecule has 3 rings (SSSR count). The topological polar surface area (TPSA) is 65.1 Å². The molecule has 2 aromatic heterocycles. The highest BCUT2D eigenvalue weighted by molar-refractivity contribution is 7.09. The molecule has 138 valence electrons. The molecule has 1 aromatic carbocycles. The predicted octanol–water partition coefficient (Wildman–Crippen LogP) is 3.70. The van der Waals surface area contributed by atoms with Gasteiger partial charge < -0.3 is 15.6 Å². The van der Waals surface area contributed by atoms with Gasteiger partial charge in [-0.3, -0.25) is 4.99 Å². The molecule has 0 spiro atoms. The number of nitrogens with zero attached hydrogens (tertiary/aromatic N) is 2. The number of aromatic nitrogens is 2. The van der Waals surface area contributed by atoms with E-state index >= 15 is 0 Å². The quantitative estimate of drug-likeness (QED) is 0.439. The summed E-state index contributed by atoms with van der Waals surface area (Å²) in [5.74, 6) is 1.34. The summed E-state index contributed by atoms with van der Waals surface area (Å²) in [6.45, 7) is 6.03. The summed E-state index contributed by atoms with van der Waals surface area (Å²) in [4.78, 5) is 12.3. The Balaban J connectivity index is 1.43. The first-order valence-corrected chi connectivity index (χ1v) is 9.99. The first-order chi connectivity index (χ1) is 12.7. The van der Waals surface area contributed by atoms with Gasteiger partial charge in [0, 0.05) is 55.0 Å². The van der Waals surface area contributed by atoms with Crippen molar-refractivity contribution < 1.29 is 0 Å². The molecular weight excluding hydrogens is 342 g/mol. The van der Waals surface area contributed by atoms with Crippen LogP contribution in [-0.4, -0.2) is 36.1 Å². The average molecular weight is 370 g/mol. The molecule has 0 unspecified atom stereocenters. The zero-order valence-electron chi connectivity index (χ0n) is 15.7. The number of nitrogens with one attached hydrogen (secondary N) is 3. The highest BCUT2D eigenvalue weighted by atomic mass is 32.1. The fraction of sp³-hybridized carbons (Fsp3) is 0.400. The monoisotopic (exact) mass is 369 g/mol. The van der Waals surface area contributed by atoms with Crippen molar-refractivity contribution in [1.29, 1.82) is 0 Å². The van der Waals surface area contributed by atoms with Gasteiger partial charge in [0.25, 0.3) is 0 Å². The van der Waals surface area contributed by atoms with Crippen LogP contribution in [0.1, 0.15) is 36.0 Å². The zero-order chi connectivity index (χ0) is 18.4. The van der Waals surface area contributed by atoms with Crippen LogP contribution in [0.25, 0.3) is 10.9 Å². The molecule has 26 heavy (non-hydrogen) atoms. The van der Waals surface area contributed by atoms with Crippen molar-refractivity contribution in [3.8, 4) is 0 Å². The lowest BCUT2D eigenvalue weighted by Crippen LogP contribution is -2.39. The molecule has 0 aliphatic heterocycles. The van der Waals surface area contributed by atoms with Crippen molar-refractivity contribution >= 4 is 28.2 Å². The standard InChI is InChI=1S/C20H27N5S/c1-14(2)19-25-16(13-26-19)9-11-23-20(21-3)22-10-8-15-12-24-18-7-5-4-6-17(15)18/h4-7,12-14,24H,8-11H2,1-3H3,(H2,21,22,23). The van der Waals surface area contributed by atoms with Gasteiger partial charge >= 0.3 is 0 Å². The fourth-order valence-corrected chi connectivity index (χ4v) is 3.76. The molecule has 5 nitrogen and oxygen atoms in total. The van der Waals surface area contributed by atoms with E-state index in [9.17, 15) is 0 Å². The molecule has 0 aliphatic carbocycles. The van der Waals surface area contributed by atoms with E-state index in [2.05, 4.69) is 75.3 Å². The van der Waals surface area contributed by atoms with Gasteiger partial charge in [-0.25, -0.2) is 4.98 Å². The third-order valence-corrected chi connectivity index (χ3v) is 5.52. The Kier molecular flexibility index (Phi) is 6.28. The number of aromatic amines is 1. The Labute approximate surface area is 159 Å². The Morgan fingerprint density at radius 3 is 2.69 bits per heavy atom. The fourth-order valence-electron chi connectivity index (χ4n) is 2.89. The minimum atomic E-state index is 0.501. The van der Waals surface area contributed by atoms with Crippen LogP contribution >= 0.6 is 11.3 Å².